The number of hydrogen-bond acceptors (Lipinski definition) is 6. The molecule has 1 amide bonds. The average Bonchev–Trinajstić information content (AvgIpc) is 3.33. The van der Waals surface area contributed by atoms with Crippen LogP contribution in [0.2, 0.25) is 0 Å². The Kier molecular flexibility index (Phi) is 6.26. The van der Waals surface area contributed by atoms with E-state index in [-0.39, 0.29) is 13.0 Å². The Morgan fingerprint density at radius 3 is 2.71 bits per heavy atom. The van der Waals surface area contributed by atoms with Crippen molar-refractivity contribution in [3.8, 4) is 11.3 Å². The maximum Gasteiger partial charge on any atom is 0.306 e. The molecule has 28 heavy (non-hydrogen) atoms. The van der Waals surface area contributed by atoms with Crippen LogP contribution in [0.15, 0.2) is 40.3 Å². The number of thiazole rings is 1. The number of anilines is 1. The molecule has 6 nitrogen and oxygen atoms in total. The van der Waals surface area contributed by atoms with Crippen LogP contribution in [-0.4, -0.2) is 23.5 Å². The summed E-state index contributed by atoms with van der Waals surface area (Å²) < 4.78 is 10.2. The van der Waals surface area contributed by atoms with Crippen LogP contribution in [0.5, 0.6) is 0 Å². The fourth-order valence-electron chi connectivity index (χ4n) is 2.74. The van der Waals surface area contributed by atoms with E-state index < -0.39 is 11.9 Å². The monoisotopic (exact) mass is 398 g/mol. The molecule has 0 aliphatic rings. The Bertz CT molecular complexity index is 976. The highest BCUT2D eigenvalue weighted by molar-refractivity contribution is 7.14. The van der Waals surface area contributed by atoms with Gasteiger partial charge in [0.2, 0.25) is 0 Å². The summed E-state index contributed by atoms with van der Waals surface area (Å²) in [5, 5.41) is 5.06. The summed E-state index contributed by atoms with van der Waals surface area (Å²) in [7, 11) is 0. The summed E-state index contributed by atoms with van der Waals surface area (Å²) in [4.78, 5) is 28.2. The first-order valence-electron chi connectivity index (χ1n) is 8.94. The first kappa shape index (κ1) is 19.8. The Balaban J connectivity index is 1.51. The van der Waals surface area contributed by atoms with Gasteiger partial charge in [0, 0.05) is 17.4 Å². The lowest BCUT2D eigenvalue weighted by Gasteiger charge is -2.07. The van der Waals surface area contributed by atoms with Crippen molar-refractivity contribution < 1.29 is 18.7 Å². The van der Waals surface area contributed by atoms with Crippen LogP contribution >= 0.6 is 11.3 Å². The minimum Gasteiger partial charge on any atom is -0.469 e. The molecule has 0 saturated heterocycles. The fraction of sp³-hybridized carbons (Fsp3) is 0.286. The number of carbonyl (C=O) groups excluding carboxylic acids is 2. The van der Waals surface area contributed by atoms with E-state index in [0.717, 1.165) is 16.8 Å². The first-order valence-corrected chi connectivity index (χ1v) is 9.82. The minimum absolute atomic E-state index is 0.161. The molecule has 1 aromatic carbocycles. The Hall–Kier alpha value is -2.93. The predicted molar refractivity (Wildman–Crippen MR) is 108 cm³/mol. The van der Waals surface area contributed by atoms with E-state index in [4.69, 9.17) is 9.15 Å². The summed E-state index contributed by atoms with van der Waals surface area (Å²) in [5.41, 5.74) is 5.43. The van der Waals surface area contributed by atoms with E-state index in [1.165, 1.54) is 22.5 Å². The highest BCUT2D eigenvalue weighted by Crippen LogP contribution is 2.29. The highest BCUT2D eigenvalue weighted by atomic mass is 32.1. The van der Waals surface area contributed by atoms with E-state index in [9.17, 15) is 9.59 Å². The Morgan fingerprint density at radius 1 is 1.18 bits per heavy atom. The second-order valence-corrected chi connectivity index (χ2v) is 7.44. The molecule has 0 fully saturated rings. The third kappa shape index (κ3) is 5.07. The second kappa shape index (κ2) is 8.84. The van der Waals surface area contributed by atoms with Gasteiger partial charge in [-0.3, -0.25) is 14.9 Å². The molecule has 2 aromatic heterocycles. The van der Waals surface area contributed by atoms with Crippen molar-refractivity contribution in [1.29, 1.82) is 0 Å². The van der Waals surface area contributed by atoms with Gasteiger partial charge in [-0.25, -0.2) is 4.98 Å². The van der Waals surface area contributed by atoms with Gasteiger partial charge in [0.05, 0.1) is 18.4 Å². The van der Waals surface area contributed by atoms with Crippen molar-refractivity contribution in [3.63, 3.8) is 0 Å². The lowest BCUT2D eigenvalue weighted by Crippen LogP contribution is -2.20. The molecule has 0 spiro atoms. The molecular formula is C21H22N2O4S. The van der Waals surface area contributed by atoms with Crippen LogP contribution in [0.3, 0.4) is 0 Å². The topological polar surface area (TPSA) is 81.4 Å². The minimum atomic E-state index is -0.447. The number of esters is 1. The van der Waals surface area contributed by atoms with Gasteiger partial charge in [0.15, 0.2) is 11.7 Å². The van der Waals surface area contributed by atoms with E-state index >= 15 is 0 Å². The molecule has 0 saturated carbocycles. The van der Waals surface area contributed by atoms with Crippen LogP contribution in [0, 0.1) is 20.8 Å². The molecule has 0 aliphatic carbocycles. The summed E-state index contributed by atoms with van der Waals surface area (Å²) in [6.07, 6.45) is 2.16. The van der Waals surface area contributed by atoms with Gasteiger partial charge in [-0.2, -0.15) is 0 Å². The number of hydrogen-bond donors (Lipinski definition) is 1. The maximum absolute atomic E-state index is 12.0. The number of furan rings is 1. The van der Waals surface area contributed by atoms with Crippen molar-refractivity contribution in [3.05, 3.63) is 58.4 Å². The standard InChI is InChI=1S/C21H22N2O4S/c1-13-9-15(3)17(10-14(13)2)18-12-28-21(22-18)23-19(24)11-27-20(25)7-6-16-5-4-8-26-16/h4-5,8-10,12H,6-7,11H2,1-3H3,(H,22,23,24). The van der Waals surface area contributed by atoms with E-state index in [1.54, 1.807) is 18.4 Å². The van der Waals surface area contributed by atoms with Crippen LogP contribution < -0.4 is 5.32 Å². The average molecular weight is 398 g/mol. The van der Waals surface area contributed by atoms with Crippen LogP contribution in [0.4, 0.5) is 5.13 Å². The number of aromatic nitrogens is 1. The molecule has 0 bridgehead atoms. The second-order valence-electron chi connectivity index (χ2n) is 6.58. The molecule has 0 aliphatic heterocycles. The Labute approximate surface area is 167 Å². The number of benzene rings is 1. The van der Waals surface area contributed by atoms with Crippen LogP contribution in [-0.2, 0) is 20.7 Å². The molecule has 7 heteroatoms. The zero-order valence-electron chi connectivity index (χ0n) is 16.1. The van der Waals surface area contributed by atoms with Gasteiger partial charge in [0.1, 0.15) is 5.76 Å². The van der Waals surface area contributed by atoms with Crippen LogP contribution in [0.25, 0.3) is 11.3 Å². The summed E-state index contributed by atoms with van der Waals surface area (Å²) in [5.74, 6) is -0.153. The molecule has 3 rings (SSSR count). The predicted octanol–water partition coefficient (Wildman–Crippen LogP) is 4.44. The maximum atomic E-state index is 12.0. The van der Waals surface area contributed by atoms with E-state index in [2.05, 4.69) is 36.3 Å². The number of nitrogens with zero attached hydrogens (tertiary/aromatic N) is 1. The summed E-state index contributed by atoms with van der Waals surface area (Å²) >= 11 is 1.34. The molecule has 0 radical (unpaired) electrons. The number of nitrogens with one attached hydrogen (secondary N) is 1. The summed E-state index contributed by atoms with van der Waals surface area (Å²) in [6.45, 7) is 5.85. The fourth-order valence-corrected chi connectivity index (χ4v) is 3.47. The lowest BCUT2D eigenvalue weighted by molar-refractivity contribution is -0.147. The number of ether oxygens (including phenoxy) is 1. The van der Waals surface area contributed by atoms with E-state index in [0.29, 0.717) is 17.3 Å². The Morgan fingerprint density at radius 2 is 1.96 bits per heavy atom. The molecule has 146 valence electrons. The smallest absolute Gasteiger partial charge is 0.306 e. The summed E-state index contributed by atoms with van der Waals surface area (Å²) in [6, 6.07) is 7.78. The lowest BCUT2D eigenvalue weighted by atomic mass is 9.99. The van der Waals surface area contributed by atoms with Gasteiger partial charge in [-0.05, 0) is 55.7 Å². The van der Waals surface area contributed by atoms with Gasteiger partial charge in [0.25, 0.3) is 5.91 Å². The number of rotatable bonds is 7. The molecule has 0 atom stereocenters. The van der Waals surface area contributed by atoms with Gasteiger partial charge < -0.3 is 9.15 Å². The number of aryl methyl sites for hydroxylation is 4. The molecule has 3 aromatic rings. The van der Waals surface area contributed by atoms with Gasteiger partial charge in [-0.1, -0.05) is 6.07 Å². The largest absolute Gasteiger partial charge is 0.469 e. The van der Waals surface area contributed by atoms with Gasteiger partial charge in [-0.15, -0.1) is 11.3 Å². The first-order chi connectivity index (χ1) is 13.4. The van der Waals surface area contributed by atoms with Crippen molar-refractivity contribution in [2.45, 2.75) is 33.6 Å². The van der Waals surface area contributed by atoms with Crippen molar-refractivity contribution in [2.24, 2.45) is 0 Å². The highest BCUT2D eigenvalue weighted by Gasteiger charge is 2.13. The molecule has 2 heterocycles. The van der Waals surface area contributed by atoms with E-state index in [1.807, 2.05) is 12.3 Å². The quantitative estimate of drug-likeness (QED) is 0.595. The van der Waals surface area contributed by atoms with Crippen molar-refractivity contribution >= 4 is 28.3 Å². The number of amides is 1. The molecule has 1 N–H and O–H groups in total. The zero-order valence-corrected chi connectivity index (χ0v) is 16.9. The zero-order chi connectivity index (χ0) is 20.1. The third-order valence-electron chi connectivity index (χ3n) is 4.39. The van der Waals surface area contributed by atoms with Crippen molar-refractivity contribution in [2.75, 3.05) is 11.9 Å². The van der Waals surface area contributed by atoms with Crippen molar-refractivity contribution in [1.82, 2.24) is 4.98 Å². The van der Waals surface area contributed by atoms with Crippen LogP contribution in [0.1, 0.15) is 28.9 Å². The molecular weight excluding hydrogens is 376 g/mol. The SMILES string of the molecule is Cc1cc(C)c(-c2csc(NC(=O)COC(=O)CCc3ccco3)n2)cc1C. The third-order valence-corrected chi connectivity index (χ3v) is 5.14. The normalized spacial score (nSPS) is 10.7. The van der Waals surface area contributed by atoms with Gasteiger partial charge >= 0.3 is 5.97 Å². The molecule has 0 unspecified atom stereocenters. The number of carbonyl (C=O) groups is 2.